The van der Waals surface area contributed by atoms with Gasteiger partial charge in [-0.3, -0.25) is 20.0 Å². The number of benzene rings is 2. The maximum absolute atomic E-state index is 13.6. The molecule has 1 saturated heterocycles. The second-order valence-electron chi connectivity index (χ2n) is 7.90. The first kappa shape index (κ1) is 21.1. The first-order valence-electron chi connectivity index (χ1n) is 10.7. The molecule has 5 rings (SSSR count). The minimum atomic E-state index is -0.628. The summed E-state index contributed by atoms with van der Waals surface area (Å²) in [4.78, 5) is 37.8. The van der Waals surface area contributed by atoms with E-state index in [-0.39, 0.29) is 24.2 Å². The van der Waals surface area contributed by atoms with Gasteiger partial charge in [-0.2, -0.15) is 0 Å². The first-order chi connectivity index (χ1) is 16.1. The van der Waals surface area contributed by atoms with Gasteiger partial charge in [-0.05, 0) is 29.8 Å². The van der Waals surface area contributed by atoms with E-state index in [1.165, 1.54) is 0 Å². The molecule has 2 N–H and O–H groups in total. The van der Waals surface area contributed by atoms with Crippen LogP contribution in [0.2, 0.25) is 0 Å². The van der Waals surface area contributed by atoms with Crippen LogP contribution in [0.4, 0.5) is 4.79 Å². The number of amides is 3. The fourth-order valence-corrected chi connectivity index (χ4v) is 4.18. The Morgan fingerprint density at radius 3 is 2.61 bits per heavy atom. The van der Waals surface area contributed by atoms with Crippen molar-refractivity contribution in [1.82, 2.24) is 25.2 Å². The molecule has 1 atom stereocenters. The van der Waals surface area contributed by atoms with Gasteiger partial charge in [0.2, 0.25) is 0 Å². The number of urea groups is 1. The highest BCUT2D eigenvalue weighted by Gasteiger charge is 2.33. The summed E-state index contributed by atoms with van der Waals surface area (Å²) in [6, 6.07) is 10.2. The molecule has 10 heteroatoms. The van der Waals surface area contributed by atoms with Crippen LogP contribution in [-0.4, -0.2) is 69.8 Å². The van der Waals surface area contributed by atoms with E-state index < -0.39 is 5.91 Å². The summed E-state index contributed by atoms with van der Waals surface area (Å²) in [5, 5.41) is 8.96. The molecule has 1 unspecified atom stereocenters. The topological polar surface area (TPSA) is 117 Å². The van der Waals surface area contributed by atoms with E-state index in [2.05, 4.69) is 9.97 Å². The lowest BCUT2D eigenvalue weighted by atomic mass is 10.0. The molecule has 2 aliphatic heterocycles. The number of hydrogen-bond donors (Lipinski definition) is 2. The van der Waals surface area contributed by atoms with Crippen molar-refractivity contribution in [3.05, 3.63) is 65.5 Å². The van der Waals surface area contributed by atoms with Gasteiger partial charge >= 0.3 is 6.03 Å². The van der Waals surface area contributed by atoms with E-state index in [0.29, 0.717) is 38.6 Å². The van der Waals surface area contributed by atoms with E-state index in [0.717, 1.165) is 22.2 Å². The molecular formula is C23H23N5O5. The van der Waals surface area contributed by atoms with Gasteiger partial charge in [0.1, 0.15) is 12.4 Å². The normalized spacial score (nSPS) is 18.3. The largest absolute Gasteiger partial charge is 0.491 e. The molecule has 1 aromatic heterocycles. The van der Waals surface area contributed by atoms with Crippen LogP contribution in [0.1, 0.15) is 27.5 Å². The van der Waals surface area contributed by atoms with Crippen molar-refractivity contribution in [3.63, 3.8) is 0 Å². The van der Waals surface area contributed by atoms with Crippen LogP contribution >= 0.6 is 0 Å². The molecule has 170 valence electrons. The van der Waals surface area contributed by atoms with Gasteiger partial charge in [0, 0.05) is 36.6 Å². The number of hydroxylamine groups is 1. The Morgan fingerprint density at radius 2 is 1.82 bits per heavy atom. The Morgan fingerprint density at radius 1 is 1.03 bits per heavy atom. The molecule has 3 heterocycles. The third-order valence-electron chi connectivity index (χ3n) is 5.95. The summed E-state index contributed by atoms with van der Waals surface area (Å²) in [5.74, 6) is -0.129. The van der Waals surface area contributed by atoms with Crippen LogP contribution in [-0.2, 0) is 11.3 Å². The average Bonchev–Trinajstić information content (AvgIpc) is 3.07. The van der Waals surface area contributed by atoms with Gasteiger partial charge in [-0.1, -0.05) is 12.1 Å². The fourth-order valence-electron chi connectivity index (χ4n) is 4.18. The average molecular weight is 449 g/mol. The van der Waals surface area contributed by atoms with Crippen LogP contribution in [0.25, 0.3) is 11.0 Å². The van der Waals surface area contributed by atoms with Crippen molar-refractivity contribution in [2.24, 2.45) is 0 Å². The number of nitrogens with one attached hydrogen (secondary N) is 1. The van der Waals surface area contributed by atoms with Crippen molar-refractivity contribution < 1.29 is 24.3 Å². The predicted octanol–water partition coefficient (Wildman–Crippen LogP) is 2.14. The van der Waals surface area contributed by atoms with Crippen molar-refractivity contribution >= 4 is 23.0 Å². The Kier molecular flexibility index (Phi) is 5.76. The second kappa shape index (κ2) is 9.00. The summed E-state index contributed by atoms with van der Waals surface area (Å²) in [6.07, 6.45) is 3.28. The molecule has 0 radical (unpaired) electrons. The highest BCUT2D eigenvalue weighted by Crippen LogP contribution is 2.34. The van der Waals surface area contributed by atoms with Crippen molar-refractivity contribution in [1.29, 1.82) is 0 Å². The van der Waals surface area contributed by atoms with Crippen LogP contribution < -0.4 is 10.2 Å². The number of hydrogen-bond acceptors (Lipinski definition) is 7. The predicted molar refractivity (Wildman–Crippen MR) is 117 cm³/mol. The van der Waals surface area contributed by atoms with Crippen LogP contribution in [0.3, 0.4) is 0 Å². The van der Waals surface area contributed by atoms with Crippen LogP contribution in [0.5, 0.6) is 5.75 Å². The highest BCUT2D eigenvalue weighted by atomic mass is 16.5. The third kappa shape index (κ3) is 4.18. The number of fused-ring (bicyclic) bond motifs is 2. The van der Waals surface area contributed by atoms with Crippen molar-refractivity contribution in [3.8, 4) is 5.75 Å². The van der Waals surface area contributed by atoms with Gasteiger partial charge in [-0.15, -0.1) is 0 Å². The van der Waals surface area contributed by atoms with E-state index in [9.17, 15) is 9.59 Å². The van der Waals surface area contributed by atoms with Crippen LogP contribution in [0, 0.1) is 0 Å². The molecule has 0 spiro atoms. The van der Waals surface area contributed by atoms with Gasteiger partial charge < -0.3 is 19.3 Å². The summed E-state index contributed by atoms with van der Waals surface area (Å²) in [7, 11) is 0. The molecule has 3 aromatic rings. The number of ether oxygens (including phenoxy) is 2. The molecule has 10 nitrogen and oxygen atoms in total. The number of rotatable bonds is 2. The second-order valence-corrected chi connectivity index (χ2v) is 7.90. The number of carbonyl (C=O) groups excluding carboxylic acids is 2. The number of aromatic nitrogens is 2. The molecule has 2 aliphatic rings. The number of morpholine rings is 1. The summed E-state index contributed by atoms with van der Waals surface area (Å²) >= 11 is 0. The van der Waals surface area contributed by atoms with E-state index in [4.69, 9.17) is 14.7 Å². The van der Waals surface area contributed by atoms with Gasteiger partial charge in [0.15, 0.2) is 0 Å². The lowest BCUT2D eigenvalue weighted by molar-refractivity contribution is 0.0362. The maximum Gasteiger partial charge on any atom is 0.321 e. The molecule has 0 saturated carbocycles. The molecule has 0 aliphatic carbocycles. The highest BCUT2D eigenvalue weighted by molar-refractivity contribution is 5.93. The molecule has 1 fully saturated rings. The zero-order valence-corrected chi connectivity index (χ0v) is 17.8. The SMILES string of the molecule is O=C(NO)c1ccc2c(c1)OCC(c1ccc3nccnc3c1)N(C(=O)N1CCOCC1)C2. The van der Waals surface area contributed by atoms with Gasteiger partial charge in [0.05, 0.1) is 36.8 Å². The van der Waals surface area contributed by atoms with E-state index in [1.54, 1.807) is 45.9 Å². The lowest BCUT2D eigenvalue weighted by Gasteiger charge is -2.36. The Bertz CT molecular complexity index is 1200. The smallest absolute Gasteiger partial charge is 0.321 e. The molecule has 0 bridgehead atoms. The third-order valence-corrected chi connectivity index (χ3v) is 5.95. The van der Waals surface area contributed by atoms with Gasteiger partial charge in [0.25, 0.3) is 5.91 Å². The quantitative estimate of drug-likeness (QED) is 0.455. The summed E-state index contributed by atoms with van der Waals surface area (Å²) < 4.78 is 11.5. The maximum atomic E-state index is 13.6. The van der Waals surface area contributed by atoms with Gasteiger partial charge in [-0.25, -0.2) is 10.3 Å². The number of nitrogens with zero attached hydrogens (tertiary/aromatic N) is 4. The first-order valence-corrected chi connectivity index (χ1v) is 10.7. The van der Waals surface area contributed by atoms with E-state index in [1.807, 2.05) is 18.2 Å². The summed E-state index contributed by atoms with van der Waals surface area (Å²) in [6.45, 7) is 2.54. The molecule has 33 heavy (non-hydrogen) atoms. The Hall–Kier alpha value is -3.76. The van der Waals surface area contributed by atoms with Crippen LogP contribution in [0.15, 0.2) is 48.8 Å². The zero-order valence-electron chi connectivity index (χ0n) is 17.8. The van der Waals surface area contributed by atoms with Crippen molar-refractivity contribution in [2.75, 3.05) is 32.9 Å². The molecular weight excluding hydrogens is 426 g/mol. The summed E-state index contributed by atoms with van der Waals surface area (Å²) in [5.41, 5.74) is 5.06. The van der Waals surface area contributed by atoms with E-state index >= 15 is 0 Å². The Balaban J connectivity index is 1.53. The molecule has 2 aromatic carbocycles. The zero-order chi connectivity index (χ0) is 22.8. The lowest BCUT2D eigenvalue weighted by Crippen LogP contribution is -2.49. The monoisotopic (exact) mass is 449 g/mol. The minimum Gasteiger partial charge on any atom is -0.491 e. The standard InChI is InChI=1S/C23H23N5O5/c29-22(26-31)16-1-2-17-13-28(23(30)27-7-9-32-10-8-27)20(14-33-21(17)12-16)15-3-4-18-19(11-15)25-6-5-24-18/h1-6,11-12,20,31H,7-10,13-14H2,(H,26,29). The molecule has 3 amide bonds. The Labute approximate surface area is 189 Å². The van der Waals surface area contributed by atoms with Crippen molar-refractivity contribution in [2.45, 2.75) is 12.6 Å². The number of carbonyl (C=O) groups is 2. The minimum absolute atomic E-state index is 0.101. The fraction of sp³-hybridized carbons (Fsp3) is 0.304.